The summed E-state index contributed by atoms with van der Waals surface area (Å²) in [4.78, 5) is 27.5. The van der Waals surface area contributed by atoms with E-state index in [4.69, 9.17) is 0 Å². The number of benzene rings is 2. The van der Waals surface area contributed by atoms with E-state index in [1.165, 1.54) is 42.5 Å². The predicted octanol–water partition coefficient (Wildman–Crippen LogP) is 6.25. The molecule has 3 aromatic rings. The Morgan fingerprint density at radius 2 is 0.944 bits per heavy atom. The van der Waals surface area contributed by atoms with Gasteiger partial charge in [-0.1, -0.05) is 42.5 Å². The molecule has 1 aromatic heterocycles. The lowest BCUT2D eigenvalue weighted by Gasteiger charge is -2.15. The topological polar surface area (TPSA) is 71.1 Å². The van der Waals surface area contributed by atoms with Gasteiger partial charge in [0.1, 0.15) is 0 Å². The molecule has 0 atom stereocenters. The molecule has 5 nitrogen and oxygen atoms in total. The maximum atomic E-state index is 13.0. The summed E-state index contributed by atoms with van der Waals surface area (Å²) in [6.45, 7) is 0. The number of alkyl halides is 6. The van der Waals surface area contributed by atoms with E-state index in [2.05, 4.69) is 15.6 Å². The van der Waals surface area contributed by atoms with E-state index in [1.54, 1.807) is 36.4 Å². The van der Waals surface area contributed by atoms with E-state index >= 15 is 0 Å². The van der Waals surface area contributed by atoms with Gasteiger partial charge < -0.3 is 10.6 Å². The van der Waals surface area contributed by atoms with E-state index in [9.17, 15) is 35.9 Å². The molecule has 0 bridgehead atoms. The zero-order valence-corrected chi connectivity index (χ0v) is 18.2. The highest BCUT2D eigenvalue weighted by Crippen LogP contribution is 2.25. The highest BCUT2D eigenvalue weighted by Gasteiger charge is 2.38. The van der Waals surface area contributed by atoms with Crippen molar-refractivity contribution < 1.29 is 35.9 Å². The molecule has 0 fully saturated rings. The van der Waals surface area contributed by atoms with Crippen LogP contribution in [0.3, 0.4) is 0 Å². The lowest BCUT2D eigenvalue weighted by molar-refractivity contribution is -0.165. The van der Waals surface area contributed by atoms with E-state index in [-0.39, 0.29) is 22.8 Å². The largest absolute Gasteiger partial charge is 0.454 e. The first-order valence-corrected chi connectivity index (χ1v) is 10.2. The Bertz CT molecular complexity index is 1190. The number of nitrogens with zero attached hydrogens (tertiary/aromatic N) is 1. The second kappa shape index (κ2) is 10.9. The van der Waals surface area contributed by atoms with Gasteiger partial charge in [-0.05, 0) is 36.4 Å². The molecule has 0 aliphatic heterocycles. The minimum absolute atomic E-state index is 0.186. The van der Waals surface area contributed by atoms with Gasteiger partial charge in [-0.25, -0.2) is 4.98 Å². The van der Waals surface area contributed by atoms with Crippen molar-refractivity contribution in [3.05, 3.63) is 102 Å². The van der Waals surface area contributed by atoms with Gasteiger partial charge in [0.25, 0.3) is 11.6 Å². The average molecular weight is 505 g/mol. The second-order valence-corrected chi connectivity index (χ2v) is 7.23. The summed E-state index contributed by atoms with van der Waals surface area (Å²) in [5.74, 6) is -4.34. The van der Waals surface area contributed by atoms with Crippen molar-refractivity contribution in [1.82, 2.24) is 4.98 Å². The van der Waals surface area contributed by atoms with Gasteiger partial charge in [0.2, 0.25) is 0 Å². The lowest BCUT2D eigenvalue weighted by Crippen LogP contribution is -2.22. The number of anilines is 2. The van der Waals surface area contributed by atoms with E-state index in [0.717, 1.165) is 0 Å². The Morgan fingerprint density at radius 3 is 1.28 bits per heavy atom. The smallest absolute Gasteiger partial charge is 0.354 e. The summed E-state index contributed by atoms with van der Waals surface area (Å²) in [7, 11) is 0. The van der Waals surface area contributed by atoms with E-state index in [1.807, 2.05) is 0 Å². The molecular weight excluding hydrogens is 488 g/mol. The number of carbonyl (C=O) groups excluding carboxylic acids is 2. The van der Waals surface area contributed by atoms with Gasteiger partial charge in [0.05, 0.1) is 22.8 Å². The molecule has 3 rings (SSSR count). The number of ketones is 2. The van der Waals surface area contributed by atoms with Crippen LogP contribution in [-0.4, -0.2) is 28.9 Å². The fourth-order valence-electron chi connectivity index (χ4n) is 2.86. The monoisotopic (exact) mass is 505 g/mol. The number of pyridine rings is 1. The summed E-state index contributed by atoms with van der Waals surface area (Å²) in [5, 5.41) is 5.34. The van der Waals surface area contributed by atoms with Crippen LogP contribution >= 0.6 is 0 Å². The normalized spacial score (nSPS) is 12.7. The van der Waals surface area contributed by atoms with Crippen LogP contribution in [0.1, 0.15) is 11.4 Å². The van der Waals surface area contributed by atoms with Crippen molar-refractivity contribution in [2.45, 2.75) is 12.4 Å². The molecule has 11 heteroatoms. The third-order valence-electron chi connectivity index (χ3n) is 4.52. The number of hydrogen-bond acceptors (Lipinski definition) is 5. The van der Waals surface area contributed by atoms with Crippen LogP contribution in [0.2, 0.25) is 0 Å². The Balaban J connectivity index is 2.09. The van der Waals surface area contributed by atoms with Gasteiger partial charge in [0, 0.05) is 23.5 Å². The standard InChI is InChI=1S/C25H17F6N3O2/c26-24(27,28)22(35)14-20(32-16-8-3-1-4-9-16)18-12-7-13-19(34-18)21(15-23(36)25(29,30)31)33-17-10-5-2-6-11-17/h1-15,32-33H. The number of rotatable bonds is 8. The molecule has 2 N–H and O–H groups in total. The molecule has 2 aromatic carbocycles. The second-order valence-electron chi connectivity index (χ2n) is 7.23. The summed E-state index contributed by atoms with van der Waals surface area (Å²) in [5.41, 5.74) is -0.422. The molecule has 186 valence electrons. The van der Waals surface area contributed by atoms with Crippen LogP contribution in [0.5, 0.6) is 0 Å². The van der Waals surface area contributed by atoms with Crippen molar-refractivity contribution in [3.8, 4) is 0 Å². The lowest BCUT2D eigenvalue weighted by atomic mass is 10.1. The molecule has 0 radical (unpaired) electrons. The SMILES string of the molecule is O=C(C=C(Nc1ccccc1)c1cccc(C(=CC(=O)C(F)(F)F)Nc2ccccc2)n1)C(F)(F)F. The molecule has 36 heavy (non-hydrogen) atoms. The zero-order chi connectivity index (χ0) is 26.3. The number of carbonyl (C=O) groups is 2. The van der Waals surface area contributed by atoms with Crippen LogP contribution in [0.4, 0.5) is 37.7 Å². The number of aromatic nitrogens is 1. The quantitative estimate of drug-likeness (QED) is 0.280. The van der Waals surface area contributed by atoms with Crippen molar-refractivity contribution in [1.29, 1.82) is 0 Å². The molecule has 0 saturated heterocycles. The number of allylic oxidation sites excluding steroid dienone is 2. The van der Waals surface area contributed by atoms with Crippen LogP contribution < -0.4 is 10.6 Å². The zero-order valence-electron chi connectivity index (χ0n) is 18.2. The van der Waals surface area contributed by atoms with Gasteiger partial charge >= 0.3 is 12.4 Å². The van der Waals surface area contributed by atoms with Crippen LogP contribution in [-0.2, 0) is 9.59 Å². The summed E-state index contributed by atoms with van der Waals surface area (Å²) < 4.78 is 77.8. The van der Waals surface area contributed by atoms with Crippen LogP contribution in [0, 0.1) is 0 Å². The van der Waals surface area contributed by atoms with Gasteiger partial charge in [0.15, 0.2) is 0 Å². The number of nitrogens with one attached hydrogen (secondary N) is 2. The minimum atomic E-state index is -5.17. The Morgan fingerprint density at radius 1 is 0.583 bits per heavy atom. The molecule has 0 aliphatic carbocycles. The first-order chi connectivity index (χ1) is 16.9. The molecule has 0 spiro atoms. The average Bonchev–Trinajstić information content (AvgIpc) is 2.83. The maximum Gasteiger partial charge on any atom is 0.454 e. The summed E-state index contributed by atoms with van der Waals surface area (Å²) in [6.07, 6.45) is -9.73. The summed E-state index contributed by atoms with van der Waals surface area (Å²) in [6, 6.07) is 19.7. The van der Waals surface area contributed by atoms with Crippen molar-refractivity contribution in [2.75, 3.05) is 10.6 Å². The van der Waals surface area contributed by atoms with Crippen molar-refractivity contribution in [2.24, 2.45) is 0 Å². The van der Waals surface area contributed by atoms with E-state index in [0.29, 0.717) is 23.5 Å². The van der Waals surface area contributed by atoms with Crippen molar-refractivity contribution >= 4 is 34.3 Å². The molecule has 0 aliphatic rings. The minimum Gasteiger partial charge on any atom is -0.354 e. The fraction of sp³-hybridized carbons (Fsp3) is 0.0800. The Kier molecular flexibility index (Phi) is 7.93. The number of para-hydroxylation sites is 2. The third kappa shape index (κ3) is 7.29. The highest BCUT2D eigenvalue weighted by molar-refractivity contribution is 6.03. The molecular formula is C25H17F6N3O2. The first-order valence-electron chi connectivity index (χ1n) is 10.2. The molecule has 0 amide bonds. The Hall–Kier alpha value is -4.41. The molecule has 0 unspecified atom stereocenters. The van der Waals surface area contributed by atoms with Gasteiger partial charge in [-0.3, -0.25) is 9.59 Å². The Labute approximate surface area is 201 Å². The van der Waals surface area contributed by atoms with E-state index < -0.39 is 23.9 Å². The van der Waals surface area contributed by atoms with Crippen LogP contribution in [0.15, 0.2) is 91.0 Å². The maximum absolute atomic E-state index is 13.0. The predicted molar refractivity (Wildman–Crippen MR) is 122 cm³/mol. The van der Waals surface area contributed by atoms with Crippen LogP contribution in [0.25, 0.3) is 11.4 Å². The number of halogens is 6. The fourth-order valence-corrected chi connectivity index (χ4v) is 2.86. The molecule has 0 saturated carbocycles. The molecule has 1 heterocycles. The summed E-state index contributed by atoms with van der Waals surface area (Å²) >= 11 is 0. The van der Waals surface area contributed by atoms with Gasteiger partial charge in [-0.15, -0.1) is 0 Å². The number of hydrogen-bond donors (Lipinski definition) is 2. The van der Waals surface area contributed by atoms with Gasteiger partial charge in [-0.2, -0.15) is 26.3 Å². The third-order valence-corrected chi connectivity index (χ3v) is 4.52. The highest BCUT2D eigenvalue weighted by atomic mass is 19.4. The first kappa shape index (κ1) is 26.2. The van der Waals surface area contributed by atoms with Crippen molar-refractivity contribution in [3.63, 3.8) is 0 Å².